The molecule has 2 aromatic rings. The first-order valence-corrected chi connectivity index (χ1v) is 11.7. The van der Waals surface area contributed by atoms with Gasteiger partial charge >= 0.3 is 0 Å². The van der Waals surface area contributed by atoms with Gasteiger partial charge in [-0.1, -0.05) is 11.6 Å². The van der Waals surface area contributed by atoms with Crippen molar-refractivity contribution in [2.75, 3.05) is 5.32 Å². The lowest BCUT2D eigenvalue weighted by Crippen LogP contribution is -2.53. The standard InChI is InChI=1S/C21H24ClFN4O3S/c1-11-8-12(22)10-25-17(11)18(28)26-13-4-5-15(23)14(9-13)21(3)16-6-7-20(2,19(24)27-21)31(16,29)30/h4-5,8-10,16,29-30H,6-7H2,1-3H3,(H2,24,27)(H,26,28)/t16-,20+,21-/m1/s1. The number of halogens is 2. The maximum atomic E-state index is 15.0. The van der Waals surface area contributed by atoms with Crippen LogP contribution in [-0.4, -0.2) is 35.8 Å². The number of amides is 1. The average Bonchev–Trinajstić information content (AvgIpc) is 2.86. The molecule has 10 heteroatoms. The largest absolute Gasteiger partial charge is 0.386 e. The third-order valence-electron chi connectivity index (χ3n) is 6.49. The van der Waals surface area contributed by atoms with Gasteiger partial charge in [0.05, 0.1) is 10.3 Å². The van der Waals surface area contributed by atoms with Gasteiger partial charge in [-0.3, -0.25) is 18.9 Å². The molecule has 1 amide bonds. The van der Waals surface area contributed by atoms with E-state index >= 15 is 0 Å². The molecule has 166 valence electrons. The lowest BCUT2D eigenvalue weighted by molar-refractivity contribution is 0.102. The normalized spacial score (nSPS) is 29.9. The fourth-order valence-electron chi connectivity index (χ4n) is 4.55. The van der Waals surface area contributed by atoms with Crippen LogP contribution in [0.2, 0.25) is 5.02 Å². The summed E-state index contributed by atoms with van der Waals surface area (Å²) in [5.74, 6) is -0.927. The minimum atomic E-state index is -3.17. The number of fused-ring (bicyclic) bond motifs is 2. The number of anilines is 1. The number of nitrogens with two attached hydrogens (primary N) is 1. The molecule has 2 bridgehead atoms. The van der Waals surface area contributed by atoms with Crippen molar-refractivity contribution in [3.63, 3.8) is 0 Å². The van der Waals surface area contributed by atoms with Gasteiger partial charge in [0.25, 0.3) is 5.91 Å². The highest BCUT2D eigenvalue weighted by Gasteiger charge is 2.62. The molecule has 1 aromatic heterocycles. The predicted molar refractivity (Wildman–Crippen MR) is 122 cm³/mol. The van der Waals surface area contributed by atoms with Crippen molar-refractivity contribution < 1.29 is 18.3 Å². The zero-order valence-corrected chi connectivity index (χ0v) is 18.9. The smallest absolute Gasteiger partial charge is 0.274 e. The van der Waals surface area contributed by atoms with Crippen LogP contribution in [0, 0.1) is 12.7 Å². The second kappa shape index (κ2) is 7.16. The Labute approximate surface area is 186 Å². The molecule has 1 aromatic carbocycles. The van der Waals surface area contributed by atoms with Crippen LogP contribution in [0.3, 0.4) is 0 Å². The molecule has 31 heavy (non-hydrogen) atoms. The highest BCUT2D eigenvalue weighted by Crippen LogP contribution is 2.71. The Bertz CT molecular complexity index is 1130. The fourth-order valence-corrected chi connectivity index (χ4v) is 7.43. The van der Waals surface area contributed by atoms with Crippen molar-refractivity contribution in [3.05, 3.63) is 58.1 Å². The zero-order chi connectivity index (χ0) is 22.8. The number of hydrogen-bond acceptors (Lipinski definition) is 6. The molecule has 1 saturated heterocycles. The molecule has 0 saturated carbocycles. The fraction of sp³-hybridized carbons (Fsp3) is 0.381. The summed E-state index contributed by atoms with van der Waals surface area (Å²) in [7, 11) is -3.17. The van der Waals surface area contributed by atoms with E-state index in [9.17, 15) is 18.3 Å². The molecule has 0 spiro atoms. The van der Waals surface area contributed by atoms with Crippen LogP contribution in [0.25, 0.3) is 0 Å². The summed E-state index contributed by atoms with van der Waals surface area (Å²) in [4.78, 5) is 21.3. The molecule has 2 aliphatic heterocycles. The number of aromatic nitrogens is 1. The van der Waals surface area contributed by atoms with Gasteiger partial charge < -0.3 is 11.1 Å². The van der Waals surface area contributed by atoms with E-state index in [1.54, 1.807) is 26.8 Å². The number of aryl methyl sites for hydroxylation is 1. The highest BCUT2D eigenvalue weighted by atomic mass is 35.5. The van der Waals surface area contributed by atoms with E-state index in [1.807, 2.05) is 0 Å². The average molecular weight is 467 g/mol. The first-order valence-electron chi connectivity index (χ1n) is 9.76. The number of nitrogens with one attached hydrogen (secondary N) is 1. The van der Waals surface area contributed by atoms with Crippen molar-refractivity contribution in [2.45, 2.75) is 49.1 Å². The van der Waals surface area contributed by atoms with E-state index in [0.717, 1.165) is 0 Å². The Balaban J connectivity index is 1.73. The third-order valence-corrected chi connectivity index (χ3v) is 9.93. The van der Waals surface area contributed by atoms with E-state index in [0.29, 0.717) is 29.1 Å². The molecule has 3 atom stereocenters. The molecule has 0 radical (unpaired) electrons. The van der Waals surface area contributed by atoms with Gasteiger partial charge in [0.2, 0.25) is 0 Å². The summed E-state index contributed by atoms with van der Waals surface area (Å²) >= 11 is 5.90. The van der Waals surface area contributed by atoms with Crippen LogP contribution in [0.1, 0.15) is 48.3 Å². The van der Waals surface area contributed by atoms with Gasteiger partial charge in [-0.05, 0) is 63.4 Å². The number of carbonyl (C=O) groups excluding carboxylic acids is 1. The summed E-state index contributed by atoms with van der Waals surface area (Å²) in [5, 5.41) is 2.45. The Kier molecular flexibility index (Phi) is 5.09. The van der Waals surface area contributed by atoms with Crippen LogP contribution in [-0.2, 0) is 5.54 Å². The summed E-state index contributed by atoms with van der Waals surface area (Å²) in [6.45, 7) is 5.06. The van der Waals surface area contributed by atoms with Crippen LogP contribution in [0.15, 0.2) is 35.5 Å². The minimum absolute atomic E-state index is 0.110. The quantitative estimate of drug-likeness (QED) is 0.522. The van der Waals surface area contributed by atoms with Gasteiger partial charge in [-0.2, -0.15) is 10.6 Å². The van der Waals surface area contributed by atoms with Crippen molar-refractivity contribution in [1.29, 1.82) is 0 Å². The molecular weight excluding hydrogens is 443 g/mol. The number of carbonyl (C=O) groups is 1. The number of rotatable bonds is 3. The van der Waals surface area contributed by atoms with E-state index in [4.69, 9.17) is 17.3 Å². The molecule has 0 aliphatic carbocycles. The first-order chi connectivity index (χ1) is 14.4. The van der Waals surface area contributed by atoms with Crippen LogP contribution < -0.4 is 11.1 Å². The van der Waals surface area contributed by atoms with E-state index in [2.05, 4.69) is 15.3 Å². The van der Waals surface area contributed by atoms with Gasteiger partial charge in [0.1, 0.15) is 27.6 Å². The van der Waals surface area contributed by atoms with Crippen LogP contribution in [0.5, 0.6) is 0 Å². The number of hydrogen-bond donors (Lipinski definition) is 4. The summed E-state index contributed by atoms with van der Waals surface area (Å²) in [6, 6.07) is 5.74. The maximum absolute atomic E-state index is 15.0. The Morgan fingerprint density at radius 1 is 1.35 bits per heavy atom. The van der Waals surface area contributed by atoms with Crippen LogP contribution >= 0.6 is 22.2 Å². The molecular formula is C21H24ClFN4O3S. The van der Waals surface area contributed by atoms with Crippen molar-refractivity contribution in [1.82, 2.24) is 4.98 Å². The first kappa shape index (κ1) is 22.0. The SMILES string of the molecule is Cc1cc(Cl)cnc1C(=O)Nc1ccc(F)c([C@@]2(C)N=C(N)[C@]3(C)CC[C@H]2S3(O)O)c1. The molecule has 4 rings (SSSR count). The summed E-state index contributed by atoms with van der Waals surface area (Å²) in [5.41, 5.74) is 6.14. The van der Waals surface area contributed by atoms with Crippen LogP contribution in [0.4, 0.5) is 10.1 Å². The molecule has 3 heterocycles. The molecule has 5 N–H and O–H groups in total. The summed E-state index contributed by atoms with van der Waals surface area (Å²) < 4.78 is 35.9. The number of nitrogens with zero attached hydrogens (tertiary/aromatic N) is 2. The monoisotopic (exact) mass is 466 g/mol. The van der Waals surface area contributed by atoms with Gasteiger partial charge in [0.15, 0.2) is 0 Å². The Hall–Kier alpha value is -2.20. The van der Waals surface area contributed by atoms with Gasteiger partial charge in [-0.25, -0.2) is 9.37 Å². The summed E-state index contributed by atoms with van der Waals surface area (Å²) in [6.07, 6.45) is 2.29. The van der Waals surface area contributed by atoms with Crippen molar-refractivity contribution >= 4 is 39.6 Å². The highest BCUT2D eigenvalue weighted by molar-refractivity contribution is 8.26. The Morgan fingerprint density at radius 3 is 2.74 bits per heavy atom. The van der Waals surface area contributed by atoms with E-state index in [-0.39, 0.29) is 17.1 Å². The number of pyridine rings is 1. The number of amidine groups is 1. The van der Waals surface area contributed by atoms with Crippen molar-refractivity contribution in [3.8, 4) is 0 Å². The van der Waals surface area contributed by atoms with Gasteiger partial charge in [-0.15, -0.1) is 0 Å². The minimum Gasteiger partial charge on any atom is -0.386 e. The lowest BCUT2D eigenvalue weighted by Gasteiger charge is -2.54. The molecule has 2 aliphatic rings. The van der Waals surface area contributed by atoms with Crippen molar-refractivity contribution in [2.24, 2.45) is 10.7 Å². The van der Waals surface area contributed by atoms with Gasteiger partial charge in [0, 0.05) is 17.4 Å². The van der Waals surface area contributed by atoms with E-state index < -0.39 is 37.9 Å². The van der Waals surface area contributed by atoms with E-state index in [1.165, 1.54) is 24.4 Å². The lowest BCUT2D eigenvalue weighted by atomic mass is 9.86. The molecule has 1 fully saturated rings. The molecule has 0 unspecified atom stereocenters. The second-order valence-corrected chi connectivity index (χ2v) is 11.6. The Morgan fingerprint density at radius 2 is 2.06 bits per heavy atom. The third kappa shape index (κ3) is 3.22. The predicted octanol–water partition coefficient (Wildman–Crippen LogP) is 4.69. The topological polar surface area (TPSA) is 121 Å². The second-order valence-electron chi connectivity index (χ2n) is 8.46. The number of benzene rings is 1. The number of aliphatic imine (C=N–C) groups is 1. The molecule has 7 nitrogen and oxygen atoms in total. The zero-order valence-electron chi connectivity index (χ0n) is 17.3. The maximum Gasteiger partial charge on any atom is 0.274 e.